The van der Waals surface area contributed by atoms with Crippen LogP contribution >= 0.6 is 0 Å². The lowest BCUT2D eigenvalue weighted by Crippen LogP contribution is -2.54. The van der Waals surface area contributed by atoms with Crippen LogP contribution in [0.2, 0.25) is 0 Å². The smallest absolute Gasteiger partial charge is 0.195 e. The van der Waals surface area contributed by atoms with Gasteiger partial charge in [-0.2, -0.15) is 0 Å². The fourth-order valence-corrected chi connectivity index (χ4v) is 1.69. The van der Waals surface area contributed by atoms with Crippen LogP contribution in [0.5, 0.6) is 0 Å². The summed E-state index contributed by atoms with van der Waals surface area (Å²) in [5, 5.41) is 28.1. The van der Waals surface area contributed by atoms with Crippen LogP contribution in [0, 0.1) is 0 Å². The summed E-state index contributed by atoms with van der Waals surface area (Å²) in [5.74, 6) is -0.539. The molecule has 1 heterocycles. The van der Waals surface area contributed by atoms with Crippen LogP contribution in [-0.4, -0.2) is 51.1 Å². The maximum Gasteiger partial charge on any atom is 0.195 e. The van der Waals surface area contributed by atoms with Gasteiger partial charge in [0.25, 0.3) is 0 Å². The molecule has 2 aliphatic rings. The molecule has 5 nitrogen and oxygen atoms in total. The van der Waals surface area contributed by atoms with Gasteiger partial charge in [0, 0.05) is 0 Å². The van der Waals surface area contributed by atoms with Crippen LogP contribution in [0.1, 0.15) is 6.92 Å². The van der Waals surface area contributed by atoms with Crippen LogP contribution in [0.3, 0.4) is 0 Å². The number of hydrogen-bond donors (Lipinski definition) is 3. The number of Topliss-reactive ketones (excluding diaryl/α,β-unsaturated/α-hetero) is 1. The molecule has 5 unspecified atom stereocenters. The van der Waals surface area contributed by atoms with Crippen molar-refractivity contribution >= 4 is 5.78 Å². The van der Waals surface area contributed by atoms with Gasteiger partial charge in [-0.05, 0) is 6.92 Å². The molecule has 1 aliphatic carbocycles. The molecule has 1 saturated heterocycles. The summed E-state index contributed by atoms with van der Waals surface area (Å²) in [5.41, 5.74) is -1.80. The predicted octanol–water partition coefficient (Wildman–Crippen LogP) is -2.19. The van der Waals surface area contributed by atoms with Gasteiger partial charge >= 0.3 is 0 Å². The van der Waals surface area contributed by atoms with Crippen molar-refractivity contribution < 1.29 is 24.9 Å². The van der Waals surface area contributed by atoms with Crippen LogP contribution in [0.25, 0.3) is 0 Å². The third-order valence-electron chi connectivity index (χ3n) is 2.60. The summed E-state index contributed by atoms with van der Waals surface area (Å²) in [6.45, 7) is 1.32. The normalized spacial score (nSPS) is 53.7. The lowest BCUT2D eigenvalue weighted by Gasteiger charge is -2.29. The van der Waals surface area contributed by atoms with Crippen molar-refractivity contribution in [1.29, 1.82) is 0 Å². The van der Waals surface area contributed by atoms with Crippen LogP contribution in [0.4, 0.5) is 0 Å². The minimum atomic E-state index is -1.80. The van der Waals surface area contributed by atoms with E-state index in [1.54, 1.807) is 0 Å². The number of aliphatic hydroxyl groups excluding tert-OH is 2. The average Bonchev–Trinajstić information content (AvgIpc) is 2.74. The second-order valence-corrected chi connectivity index (χ2v) is 3.35. The number of epoxide rings is 1. The third-order valence-corrected chi connectivity index (χ3v) is 2.60. The zero-order valence-electron chi connectivity index (χ0n) is 6.47. The zero-order valence-corrected chi connectivity index (χ0v) is 6.47. The summed E-state index contributed by atoms with van der Waals surface area (Å²) < 4.78 is 4.79. The Hall–Kier alpha value is -0.490. The Morgan fingerprint density at radius 2 is 2.25 bits per heavy atom. The number of hydrogen-bond acceptors (Lipinski definition) is 5. The number of fused-ring (bicyclic) bond motifs is 1. The minimum absolute atomic E-state index is 0.539. The summed E-state index contributed by atoms with van der Waals surface area (Å²) in [6, 6.07) is 0. The second-order valence-electron chi connectivity index (χ2n) is 3.35. The first-order valence-corrected chi connectivity index (χ1v) is 3.77. The standard InChI is InChI=1S/C7H10O5/c1-2(8)7(11)5(10)3(9)4-6(7)12-4/h2,4-6,8,10-11H,1H3. The number of ether oxygens (including phenoxy) is 1. The van der Waals surface area contributed by atoms with E-state index in [0.717, 1.165) is 0 Å². The highest BCUT2D eigenvalue weighted by Crippen LogP contribution is 2.45. The van der Waals surface area contributed by atoms with Gasteiger partial charge in [0.05, 0.1) is 6.10 Å². The van der Waals surface area contributed by atoms with Crippen LogP contribution in [-0.2, 0) is 9.53 Å². The van der Waals surface area contributed by atoms with Crippen molar-refractivity contribution in [3.05, 3.63) is 0 Å². The Morgan fingerprint density at radius 1 is 1.67 bits per heavy atom. The summed E-state index contributed by atoms with van der Waals surface area (Å²) in [6.07, 6.45) is -4.12. The van der Waals surface area contributed by atoms with E-state index in [2.05, 4.69) is 0 Å². The van der Waals surface area contributed by atoms with Gasteiger partial charge in [0.2, 0.25) is 0 Å². The first-order valence-electron chi connectivity index (χ1n) is 3.77. The molecule has 0 aromatic heterocycles. The molecule has 0 spiro atoms. The van der Waals surface area contributed by atoms with E-state index in [1.165, 1.54) is 6.92 Å². The van der Waals surface area contributed by atoms with Gasteiger partial charge in [0.1, 0.15) is 18.3 Å². The molecule has 1 aliphatic heterocycles. The number of carbonyl (C=O) groups excluding carboxylic acids is 1. The molecule has 2 rings (SSSR count). The molecule has 0 bridgehead atoms. The first kappa shape index (κ1) is 8.12. The van der Waals surface area contributed by atoms with Gasteiger partial charge in [-0.3, -0.25) is 4.79 Å². The molecule has 0 radical (unpaired) electrons. The fourth-order valence-electron chi connectivity index (χ4n) is 1.69. The number of aliphatic hydroxyl groups is 3. The highest BCUT2D eigenvalue weighted by atomic mass is 16.6. The minimum Gasteiger partial charge on any atom is -0.390 e. The highest BCUT2D eigenvalue weighted by Gasteiger charge is 2.72. The summed E-state index contributed by atoms with van der Waals surface area (Å²) in [4.78, 5) is 11.0. The maximum atomic E-state index is 11.0. The molecular formula is C7H10O5. The lowest BCUT2D eigenvalue weighted by atomic mass is 9.92. The van der Waals surface area contributed by atoms with E-state index in [9.17, 15) is 15.0 Å². The predicted molar refractivity (Wildman–Crippen MR) is 36.3 cm³/mol. The van der Waals surface area contributed by atoms with Gasteiger partial charge in [-0.25, -0.2) is 0 Å². The molecule has 0 aromatic carbocycles. The van der Waals surface area contributed by atoms with E-state index in [1.807, 2.05) is 0 Å². The highest BCUT2D eigenvalue weighted by molar-refractivity contribution is 5.95. The molecule has 5 atom stereocenters. The monoisotopic (exact) mass is 174 g/mol. The lowest BCUT2D eigenvalue weighted by molar-refractivity contribution is -0.164. The molecule has 3 N–H and O–H groups in total. The molecule has 12 heavy (non-hydrogen) atoms. The molecule has 5 heteroatoms. The average molecular weight is 174 g/mol. The van der Waals surface area contributed by atoms with Crippen molar-refractivity contribution in [3.63, 3.8) is 0 Å². The maximum absolute atomic E-state index is 11.0. The van der Waals surface area contributed by atoms with Crippen LogP contribution < -0.4 is 0 Å². The van der Waals surface area contributed by atoms with Gasteiger partial charge < -0.3 is 20.1 Å². The van der Waals surface area contributed by atoms with Gasteiger partial charge in [-0.1, -0.05) is 0 Å². The summed E-state index contributed by atoms with van der Waals surface area (Å²) in [7, 11) is 0. The Morgan fingerprint density at radius 3 is 2.50 bits per heavy atom. The van der Waals surface area contributed by atoms with Crippen molar-refractivity contribution in [2.45, 2.75) is 36.9 Å². The van der Waals surface area contributed by atoms with Crippen molar-refractivity contribution in [2.75, 3.05) is 0 Å². The Balaban J connectivity index is 2.32. The van der Waals surface area contributed by atoms with Crippen molar-refractivity contribution in [1.82, 2.24) is 0 Å². The first-order chi connectivity index (χ1) is 5.49. The molecular weight excluding hydrogens is 164 g/mol. The number of carbonyl (C=O) groups is 1. The molecule has 1 saturated carbocycles. The Bertz CT molecular complexity index is 238. The fraction of sp³-hybridized carbons (Fsp3) is 0.857. The quantitative estimate of drug-likeness (QED) is 0.393. The number of ketones is 1. The Labute approximate surface area is 68.6 Å². The van der Waals surface area contributed by atoms with Crippen molar-refractivity contribution in [2.24, 2.45) is 0 Å². The van der Waals surface area contributed by atoms with E-state index in [0.29, 0.717) is 0 Å². The molecule has 68 valence electrons. The third kappa shape index (κ3) is 0.694. The van der Waals surface area contributed by atoms with E-state index in [-0.39, 0.29) is 0 Å². The van der Waals surface area contributed by atoms with Gasteiger partial charge in [0.15, 0.2) is 11.4 Å². The van der Waals surface area contributed by atoms with Crippen LogP contribution in [0.15, 0.2) is 0 Å². The molecule has 0 aromatic rings. The van der Waals surface area contributed by atoms with Crippen molar-refractivity contribution in [3.8, 4) is 0 Å². The Kier molecular flexibility index (Phi) is 1.39. The van der Waals surface area contributed by atoms with Gasteiger partial charge in [-0.15, -0.1) is 0 Å². The molecule has 0 amide bonds. The topological polar surface area (TPSA) is 90.3 Å². The van der Waals surface area contributed by atoms with E-state index < -0.39 is 35.8 Å². The van der Waals surface area contributed by atoms with E-state index >= 15 is 0 Å². The largest absolute Gasteiger partial charge is 0.390 e. The SMILES string of the molecule is CC(O)C1(O)C(O)C(=O)C2OC21. The summed E-state index contributed by atoms with van der Waals surface area (Å²) >= 11 is 0. The second kappa shape index (κ2) is 2.05. The van der Waals surface area contributed by atoms with E-state index in [4.69, 9.17) is 9.84 Å². The zero-order chi connectivity index (χ0) is 9.09. The molecule has 2 fully saturated rings. The number of rotatable bonds is 1.